The van der Waals surface area contributed by atoms with Crippen molar-refractivity contribution >= 4 is 48.6 Å². The van der Waals surface area contributed by atoms with Crippen molar-refractivity contribution in [3.63, 3.8) is 0 Å². The van der Waals surface area contributed by atoms with Crippen LogP contribution in [0.3, 0.4) is 0 Å². The molecule has 1 N–H and O–H groups in total. The number of hydrogen-bond donors (Lipinski definition) is 1. The normalized spacial score (nSPS) is 9.73. The second-order valence-electron chi connectivity index (χ2n) is 1.91. The quantitative estimate of drug-likeness (QED) is 0.763. The lowest BCUT2D eigenvalue weighted by atomic mass is 10.2. The Morgan fingerprint density at radius 2 is 1.73 bits per heavy atom. The summed E-state index contributed by atoms with van der Waals surface area (Å²) < 4.78 is 1.65. The van der Waals surface area contributed by atoms with Crippen LogP contribution in [0.2, 0.25) is 0 Å². The summed E-state index contributed by atoms with van der Waals surface area (Å²) >= 11 is 12.1. The monoisotopic (exact) mass is 295 g/mol. The van der Waals surface area contributed by atoms with E-state index in [9.17, 15) is 0 Å². The molecule has 0 aliphatic carbocycles. The number of nitrogens with one attached hydrogen (secondary N) is 1. The molecule has 0 fully saturated rings. The summed E-state index contributed by atoms with van der Waals surface area (Å²) in [6.07, 6.45) is 0. The maximum Gasteiger partial charge on any atom is 0.130 e. The molecule has 1 nitrogen and oxygen atoms in total. The molecule has 1 aromatic rings. The fourth-order valence-electron chi connectivity index (χ4n) is 0.708. The SMILES string of the molecule is N=C(Cl)c1c(Br)cccc1Br. The Balaban J connectivity index is 3.32. The van der Waals surface area contributed by atoms with Crippen LogP contribution in [0.1, 0.15) is 5.56 Å². The first-order chi connectivity index (χ1) is 5.13. The van der Waals surface area contributed by atoms with E-state index in [-0.39, 0.29) is 5.17 Å². The van der Waals surface area contributed by atoms with Crippen molar-refractivity contribution in [2.75, 3.05) is 0 Å². The highest BCUT2D eigenvalue weighted by atomic mass is 79.9. The number of halogens is 3. The van der Waals surface area contributed by atoms with E-state index in [1.807, 2.05) is 18.2 Å². The lowest BCUT2D eigenvalue weighted by molar-refractivity contribution is 1.48. The standard InChI is InChI=1S/C7H4Br2ClN/c8-4-2-1-3-5(9)6(4)7(10)11/h1-3,11H. The highest BCUT2D eigenvalue weighted by Crippen LogP contribution is 2.26. The van der Waals surface area contributed by atoms with Crippen molar-refractivity contribution in [3.8, 4) is 0 Å². The van der Waals surface area contributed by atoms with Crippen LogP contribution < -0.4 is 0 Å². The van der Waals surface area contributed by atoms with Gasteiger partial charge in [-0.1, -0.05) is 49.5 Å². The zero-order valence-corrected chi connectivity index (χ0v) is 9.29. The molecule has 0 aliphatic heterocycles. The molecule has 0 unspecified atom stereocenters. The van der Waals surface area contributed by atoms with E-state index in [0.29, 0.717) is 5.56 Å². The minimum absolute atomic E-state index is 0.0318. The second-order valence-corrected chi connectivity index (χ2v) is 4.00. The maximum absolute atomic E-state index is 7.22. The van der Waals surface area contributed by atoms with Crippen LogP contribution in [0, 0.1) is 5.41 Å². The van der Waals surface area contributed by atoms with Crippen LogP contribution >= 0.6 is 43.5 Å². The molecule has 11 heavy (non-hydrogen) atoms. The summed E-state index contributed by atoms with van der Waals surface area (Å²) in [5.74, 6) is 0. The maximum atomic E-state index is 7.22. The van der Waals surface area contributed by atoms with Gasteiger partial charge in [0.05, 0.1) is 0 Å². The summed E-state index contributed by atoms with van der Waals surface area (Å²) in [6, 6.07) is 5.56. The zero-order valence-electron chi connectivity index (χ0n) is 5.37. The minimum Gasteiger partial charge on any atom is -0.289 e. The highest BCUT2D eigenvalue weighted by Gasteiger charge is 2.06. The third-order valence-corrected chi connectivity index (χ3v) is 2.69. The lowest BCUT2D eigenvalue weighted by Crippen LogP contribution is -1.91. The molecule has 0 heterocycles. The molecule has 0 aliphatic rings. The Morgan fingerprint density at radius 3 is 2.00 bits per heavy atom. The summed E-state index contributed by atoms with van der Waals surface area (Å²) in [5, 5.41) is 7.25. The Morgan fingerprint density at radius 1 is 1.27 bits per heavy atom. The summed E-state index contributed by atoms with van der Waals surface area (Å²) in [5.41, 5.74) is 0.689. The smallest absolute Gasteiger partial charge is 0.130 e. The first-order valence-electron chi connectivity index (χ1n) is 2.81. The predicted octanol–water partition coefficient (Wildman–Crippen LogP) is 3.78. The van der Waals surface area contributed by atoms with Crippen molar-refractivity contribution < 1.29 is 0 Å². The zero-order chi connectivity index (χ0) is 8.43. The molecular formula is C7H4Br2ClN. The van der Waals surface area contributed by atoms with Crippen molar-refractivity contribution in [1.29, 1.82) is 5.41 Å². The summed E-state index contributed by atoms with van der Waals surface area (Å²) in [6.45, 7) is 0. The third kappa shape index (κ3) is 2.04. The molecule has 0 saturated carbocycles. The van der Waals surface area contributed by atoms with Crippen LogP contribution in [-0.2, 0) is 0 Å². The van der Waals surface area contributed by atoms with Gasteiger partial charge in [0.2, 0.25) is 0 Å². The van der Waals surface area contributed by atoms with E-state index in [4.69, 9.17) is 17.0 Å². The number of rotatable bonds is 1. The topological polar surface area (TPSA) is 23.9 Å². The van der Waals surface area contributed by atoms with Gasteiger partial charge in [-0.25, -0.2) is 0 Å². The van der Waals surface area contributed by atoms with E-state index in [0.717, 1.165) is 8.95 Å². The average molecular weight is 297 g/mol. The van der Waals surface area contributed by atoms with E-state index in [1.54, 1.807) is 0 Å². The Bertz CT molecular complexity index is 278. The van der Waals surface area contributed by atoms with Crippen LogP contribution in [0.15, 0.2) is 27.1 Å². The molecule has 0 aromatic heterocycles. The molecule has 0 amide bonds. The summed E-state index contributed by atoms with van der Waals surface area (Å²) in [7, 11) is 0. The van der Waals surface area contributed by atoms with Crippen molar-refractivity contribution in [1.82, 2.24) is 0 Å². The van der Waals surface area contributed by atoms with Gasteiger partial charge in [0.25, 0.3) is 0 Å². The lowest BCUT2D eigenvalue weighted by Gasteiger charge is -2.01. The van der Waals surface area contributed by atoms with Crippen LogP contribution in [-0.4, -0.2) is 5.17 Å². The van der Waals surface area contributed by atoms with Crippen LogP contribution in [0.5, 0.6) is 0 Å². The largest absolute Gasteiger partial charge is 0.289 e. The van der Waals surface area contributed by atoms with E-state index in [2.05, 4.69) is 31.9 Å². The van der Waals surface area contributed by atoms with Crippen molar-refractivity contribution in [2.24, 2.45) is 0 Å². The first-order valence-corrected chi connectivity index (χ1v) is 4.77. The molecule has 0 atom stereocenters. The van der Waals surface area contributed by atoms with Gasteiger partial charge in [-0.15, -0.1) is 0 Å². The summed E-state index contributed by atoms with van der Waals surface area (Å²) in [4.78, 5) is 0. The van der Waals surface area contributed by atoms with Gasteiger partial charge < -0.3 is 0 Å². The molecule has 0 saturated heterocycles. The van der Waals surface area contributed by atoms with Gasteiger partial charge in [-0.05, 0) is 12.1 Å². The fourth-order valence-corrected chi connectivity index (χ4v) is 2.53. The first kappa shape index (κ1) is 9.23. The third-order valence-electron chi connectivity index (χ3n) is 1.18. The fraction of sp³-hybridized carbons (Fsp3) is 0. The van der Waals surface area contributed by atoms with Gasteiger partial charge >= 0.3 is 0 Å². The Hall–Kier alpha value is 0.140. The predicted molar refractivity (Wildman–Crippen MR) is 54.5 cm³/mol. The Labute approximate surface area is 86.5 Å². The van der Waals surface area contributed by atoms with Gasteiger partial charge in [-0.2, -0.15) is 0 Å². The molecule has 0 bridgehead atoms. The van der Waals surface area contributed by atoms with Crippen molar-refractivity contribution in [2.45, 2.75) is 0 Å². The number of benzene rings is 1. The van der Waals surface area contributed by atoms with Crippen LogP contribution in [0.4, 0.5) is 0 Å². The van der Waals surface area contributed by atoms with Crippen molar-refractivity contribution in [3.05, 3.63) is 32.7 Å². The molecule has 58 valence electrons. The molecule has 4 heteroatoms. The van der Waals surface area contributed by atoms with Gasteiger partial charge in [0, 0.05) is 14.5 Å². The molecule has 0 radical (unpaired) electrons. The molecule has 0 spiro atoms. The van der Waals surface area contributed by atoms with Crippen LogP contribution in [0.25, 0.3) is 0 Å². The molecule has 1 aromatic carbocycles. The average Bonchev–Trinajstić information content (AvgIpc) is 1.85. The highest BCUT2D eigenvalue weighted by molar-refractivity contribution is 9.11. The van der Waals surface area contributed by atoms with Gasteiger partial charge in [0.15, 0.2) is 0 Å². The van der Waals surface area contributed by atoms with E-state index < -0.39 is 0 Å². The molecule has 1 rings (SSSR count). The van der Waals surface area contributed by atoms with Gasteiger partial charge in [-0.3, -0.25) is 5.41 Å². The number of hydrogen-bond acceptors (Lipinski definition) is 1. The Kier molecular flexibility index (Phi) is 3.10. The van der Waals surface area contributed by atoms with E-state index >= 15 is 0 Å². The second kappa shape index (κ2) is 3.70. The molecular weight excluding hydrogens is 293 g/mol. The van der Waals surface area contributed by atoms with E-state index in [1.165, 1.54) is 0 Å². The van der Waals surface area contributed by atoms with Gasteiger partial charge in [0.1, 0.15) is 5.17 Å². The minimum atomic E-state index is 0.0318.